The van der Waals surface area contributed by atoms with Crippen LogP contribution in [0, 0.1) is 0 Å². The van der Waals surface area contributed by atoms with Gasteiger partial charge in [0.25, 0.3) is 0 Å². The number of hydrogen-bond acceptors (Lipinski definition) is 3. The Hall–Kier alpha value is -3.67. The van der Waals surface area contributed by atoms with Crippen LogP contribution in [0.4, 0.5) is 5.69 Å². The summed E-state index contributed by atoms with van der Waals surface area (Å²) in [6, 6.07) is 9.80. The molecule has 1 amide bonds. The highest BCUT2D eigenvalue weighted by Crippen LogP contribution is 2.23. The van der Waals surface area contributed by atoms with Crippen LogP contribution >= 0.6 is 0 Å². The van der Waals surface area contributed by atoms with Crippen molar-refractivity contribution in [2.24, 2.45) is 14.1 Å². The van der Waals surface area contributed by atoms with Gasteiger partial charge in [-0.25, -0.2) is 0 Å². The van der Waals surface area contributed by atoms with E-state index in [2.05, 4.69) is 15.4 Å². The van der Waals surface area contributed by atoms with Crippen LogP contribution in [-0.4, -0.2) is 25.2 Å². The molecule has 0 bridgehead atoms. The number of carbonyl (C=O) groups is 1. The van der Waals surface area contributed by atoms with Gasteiger partial charge >= 0.3 is 0 Å². The molecule has 6 nitrogen and oxygen atoms in total. The van der Waals surface area contributed by atoms with Crippen molar-refractivity contribution in [3.63, 3.8) is 0 Å². The van der Waals surface area contributed by atoms with Crippen molar-refractivity contribution in [1.82, 2.24) is 19.3 Å². The summed E-state index contributed by atoms with van der Waals surface area (Å²) >= 11 is 0. The molecule has 0 unspecified atom stereocenters. The number of aryl methyl sites for hydroxylation is 2. The summed E-state index contributed by atoms with van der Waals surface area (Å²) in [4.78, 5) is 16.5. The number of amides is 1. The van der Waals surface area contributed by atoms with E-state index in [-0.39, 0.29) is 5.91 Å². The lowest BCUT2D eigenvalue weighted by molar-refractivity contribution is -0.111. The van der Waals surface area contributed by atoms with Crippen molar-refractivity contribution in [1.29, 1.82) is 0 Å². The second-order valence-electron chi connectivity index (χ2n) is 6.39. The van der Waals surface area contributed by atoms with E-state index >= 15 is 0 Å². The van der Waals surface area contributed by atoms with Gasteiger partial charge in [-0.2, -0.15) is 5.10 Å². The Morgan fingerprint density at radius 2 is 2.04 bits per heavy atom. The summed E-state index contributed by atoms with van der Waals surface area (Å²) in [7, 11) is 3.87. The molecule has 4 aromatic rings. The molecule has 1 N–H and O–H groups in total. The van der Waals surface area contributed by atoms with E-state index in [0.717, 1.165) is 33.3 Å². The third-order valence-corrected chi connectivity index (χ3v) is 4.43. The minimum absolute atomic E-state index is 0.189. The molecule has 1 aromatic carbocycles. The fraction of sp³-hybridized carbons (Fsp3) is 0.0952. The molecule has 0 radical (unpaired) electrons. The normalized spacial score (nSPS) is 11.3. The van der Waals surface area contributed by atoms with Gasteiger partial charge in [-0.05, 0) is 42.0 Å². The van der Waals surface area contributed by atoms with E-state index in [1.807, 2.05) is 61.4 Å². The zero-order valence-electron chi connectivity index (χ0n) is 15.1. The van der Waals surface area contributed by atoms with Crippen LogP contribution in [0.3, 0.4) is 0 Å². The molecule has 0 fully saturated rings. The third kappa shape index (κ3) is 3.50. The monoisotopic (exact) mass is 357 g/mol. The lowest BCUT2D eigenvalue weighted by Gasteiger charge is -2.04. The van der Waals surface area contributed by atoms with Crippen LogP contribution in [0.25, 0.3) is 28.1 Å². The molecule has 0 atom stereocenters. The Kier molecular flexibility index (Phi) is 4.30. The molecule has 0 saturated carbocycles. The van der Waals surface area contributed by atoms with Gasteiger partial charge in [-0.15, -0.1) is 0 Å². The van der Waals surface area contributed by atoms with Crippen LogP contribution < -0.4 is 5.32 Å². The van der Waals surface area contributed by atoms with Gasteiger partial charge in [0.05, 0.1) is 6.20 Å². The molecule has 4 rings (SSSR count). The fourth-order valence-corrected chi connectivity index (χ4v) is 3.07. The molecule has 0 aliphatic rings. The van der Waals surface area contributed by atoms with Crippen LogP contribution in [0.15, 0.2) is 67.4 Å². The molecule has 0 aliphatic carbocycles. The number of nitrogens with one attached hydrogen (secondary N) is 1. The van der Waals surface area contributed by atoms with Crippen LogP contribution in [0.2, 0.25) is 0 Å². The maximum atomic E-state index is 12.3. The smallest absolute Gasteiger partial charge is 0.248 e. The summed E-state index contributed by atoms with van der Waals surface area (Å²) in [5.41, 5.74) is 4.71. The Bertz CT molecular complexity index is 1150. The molecular weight excluding hydrogens is 338 g/mol. The number of benzene rings is 1. The van der Waals surface area contributed by atoms with Gasteiger partial charge in [0.1, 0.15) is 0 Å². The molecule has 27 heavy (non-hydrogen) atoms. The summed E-state index contributed by atoms with van der Waals surface area (Å²) in [6.45, 7) is 0. The van der Waals surface area contributed by atoms with E-state index in [9.17, 15) is 4.79 Å². The third-order valence-electron chi connectivity index (χ3n) is 4.43. The van der Waals surface area contributed by atoms with Crippen LogP contribution in [0.1, 0.15) is 5.56 Å². The molecule has 0 saturated heterocycles. The molecule has 3 heterocycles. The fourth-order valence-electron chi connectivity index (χ4n) is 3.07. The molecule has 0 aliphatic heterocycles. The van der Waals surface area contributed by atoms with Crippen molar-refractivity contribution >= 4 is 28.6 Å². The van der Waals surface area contributed by atoms with Crippen molar-refractivity contribution in [3.05, 3.63) is 73.0 Å². The lowest BCUT2D eigenvalue weighted by Crippen LogP contribution is -2.07. The van der Waals surface area contributed by atoms with Gasteiger partial charge < -0.3 is 9.88 Å². The van der Waals surface area contributed by atoms with E-state index < -0.39 is 0 Å². The number of fused-ring (bicyclic) bond motifs is 1. The molecule has 134 valence electrons. The van der Waals surface area contributed by atoms with Crippen molar-refractivity contribution < 1.29 is 4.79 Å². The number of carbonyl (C=O) groups excluding carboxylic acids is 1. The average Bonchev–Trinajstić information content (AvgIpc) is 3.26. The van der Waals surface area contributed by atoms with Gasteiger partial charge in [0, 0.05) is 72.7 Å². The highest BCUT2D eigenvalue weighted by atomic mass is 16.1. The summed E-state index contributed by atoms with van der Waals surface area (Å²) in [5, 5.41) is 8.20. The van der Waals surface area contributed by atoms with E-state index in [1.54, 1.807) is 29.3 Å². The second kappa shape index (κ2) is 6.92. The van der Waals surface area contributed by atoms with Gasteiger partial charge in [0.2, 0.25) is 5.91 Å². The predicted octanol–water partition coefficient (Wildman–Crippen LogP) is 3.63. The first-order chi connectivity index (χ1) is 13.1. The molecule has 6 heteroatoms. The Morgan fingerprint density at radius 3 is 2.85 bits per heavy atom. The maximum absolute atomic E-state index is 12.3. The number of pyridine rings is 1. The van der Waals surface area contributed by atoms with Crippen LogP contribution in [0.5, 0.6) is 0 Å². The first-order valence-corrected chi connectivity index (χ1v) is 8.57. The van der Waals surface area contributed by atoms with E-state index in [1.165, 1.54) is 6.08 Å². The SMILES string of the molecule is Cn1cc(-c2ccncc2/C=C/C(=O)Nc2ccc3c(ccn3C)c2)cn1. The Balaban J connectivity index is 1.53. The predicted molar refractivity (Wildman–Crippen MR) is 107 cm³/mol. The number of rotatable bonds is 4. The minimum Gasteiger partial charge on any atom is -0.351 e. The van der Waals surface area contributed by atoms with Crippen molar-refractivity contribution in [3.8, 4) is 11.1 Å². The first kappa shape index (κ1) is 16.8. The van der Waals surface area contributed by atoms with Crippen molar-refractivity contribution in [2.75, 3.05) is 5.32 Å². The van der Waals surface area contributed by atoms with Crippen molar-refractivity contribution in [2.45, 2.75) is 0 Å². The summed E-state index contributed by atoms with van der Waals surface area (Å²) < 4.78 is 3.79. The minimum atomic E-state index is -0.189. The van der Waals surface area contributed by atoms with Gasteiger partial charge in [-0.1, -0.05) is 0 Å². The lowest BCUT2D eigenvalue weighted by atomic mass is 10.0. The number of aromatic nitrogens is 4. The quantitative estimate of drug-likeness (QED) is 0.567. The highest BCUT2D eigenvalue weighted by molar-refractivity contribution is 6.03. The number of anilines is 1. The second-order valence-corrected chi connectivity index (χ2v) is 6.39. The Morgan fingerprint density at radius 1 is 1.15 bits per heavy atom. The zero-order chi connectivity index (χ0) is 18.8. The summed E-state index contributed by atoms with van der Waals surface area (Å²) in [5.74, 6) is -0.189. The van der Waals surface area contributed by atoms with Crippen LogP contribution in [-0.2, 0) is 18.9 Å². The highest BCUT2D eigenvalue weighted by Gasteiger charge is 2.06. The van der Waals surface area contributed by atoms with E-state index in [4.69, 9.17) is 0 Å². The zero-order valence-corrected chi connectivity index (χ0v) is 15.1. The maximum Gasteiger partial charge on any atom is 0.248 e. The molecule has 0 spiro atoms. The van der Waals surface area contributed by atoms with Gasteiger partial charge in [-0.3, -0.25) is 14.5 Å². The number of hydrogen-bond donors (Lipinski definition) is 1. The standard InChI is InChI=1S/C21H19N5O/c1-25-10-8-15-11-18(4-5-20(15)25)24-21(27)6-3-16-12-22-9-7-19(16)17-13-23-26(2)14-17/h3-14H,1-2H3,(H,24,27)/b6-3+. The molecule has 3 aromatic heterocycles. The average molecular weight is 357 g/mol. The molecular formula is C21H19N5O. The first-order valence-electron chi connectivity index (χ1n) is 8.57. The largest absolute Gasteiger partial charge is 0.351 e. The Labute approximate surface area is 156 Å². The topological polar surface area (TPSA) is 64.7 Å². The van der Waals surface area contributed by atoms with E-state index in [0.29, 0.717) is 0 Å². The summed E-state index contributed by atoms with van der Waals surface area (Å²) in [6.07, 6.45) is 12.5. The van der Waals surface area contributed by atoms with Gasteiger partial charge in [0.15, 0.2) is 0 Å². The number of nitrogens with zero attached hydrogens (tertiary/aromatic N) is 4.